The standard InChI is InChI=1S/2C17H15ClN2O/c2*1-2-17(21)20-10-12-9-13(18)6-7-14(12)15(11-20)16-5-3-4-8-19-16/h2*2-9,15H,1,10-11H2/t2*15-/m10/s1. The molecule has 2 amide bonds. The summed E-state index contributed by atoms with van der Waals surface area (Å²) in [6.45, 7) is 9.48. The van der Waals surface area contributed by atoms with Crippen molar-refractivity contribution in [2.75, 3.05) is 13.1 Å². The second-order valence-corrected chi connectivity index (χ2v) is 11.0. The third kappa shape index (κ3) is 6.46. The van der Waals surface area contributed by atoms with Crippen LogP contribution < -0.4 is 0 Å². The summed E-state index contributed by atoms with van der Waals surface area (Å²) in [5, 5.41) is 1.36. The van der Waals surface area contributed by atoms with Gasteiger partial charge in [0.05, 0.1) is 0 Å². The second-order valence-electron chi connectivity index (χ2n) is 10.1. The summed E-state index contributed by atoms with van der Waals surface area (Å²) in [6, 6.07) is 23.4. The number of carbonyl (C=O) groups excluding carboxylic acids is 2. The first-order valence-corrected chi connectivity index (χ1v) is 14.3. The van der Waals surface area contributed by atoms with Crippen molar-refractivity contribution in [3.05, 3.63) is 154 Å². The first kappa shape index (κ1) is 29.2. The molecule has 2 atom stereocenters. The maximum Gasteiger partial charge on any atom is 0.246 e. The highest BCUT2D eigenvalue weighted by molar-refractivity contribution is 6.31. The quantitative estimate of drug-likeness (QED) is 0.243. The third-order valence-electron chi connectivity index (χ3n) is 7.55. The molecule has 8 heteroatoms. The van der Waals surface area contributed by atoms with Gasteiger partial charge in [0.1, 0.15) is 0 Å². The van der Waals surface area contributed by atoms with Gasteiger partial charge in [-0.2, -0.15) is 0 Å². The Morgan fingerprint density at radius 2 is 1.12 bits per heavy atom. The zero-order chi connectivity index (χ0) is 29.6. The van der Waals surface area contributed by atoms with Gasteiger partial charge in [0.15, 0.2) is 0 Å². The number of fused-ring (bicyclic) bond motifs is 2. The molecule has 6 rings (SSSR count). The van der Waals surface area contributed by atoms with Gasteiger partial charge in [-0.25, -0.2) is 0 Å². The van der Waals surface area contributed by atoms with Crippen LogP contribution in [0.3, 0.4) is 0 Å². The molecule has 2 aromatic heterocycles. The normalized spacial score (nSPS) is 17.2. The molecule has 2 aliphatic rings. The predicted octanol–water partition coefficient (Wildman–Crippen LogP) is 6.79. The second kappa shape index (κ2) is 13.1. The first-order chi connectivity index (χ1) is 20.4. The van der Waals surface area contributed by atoms with Crippen LogP contribution in [-0.2, 0) is 22.7 Å². The van der Waals surface area contributed by atoms with Crippen LogP contribution in [0.15, 0.2) is 111 Å². The topological polar surface area (TPSA) is 66.4 Å². The van der Waals surface area contributed by atoms with Crippen LogP contribution in [0.4, 0.5) is 0 Å². The number of benzene rings is 2. The van der Waals surface area contributed by atoms with E-state index in [9.17, 15) is 9.59 Å². The summed E-state index contributed by atoms with van der Waals surface area (Å²) in [6.07, 6.45) is 6.26. The molecule has 0 spiro atoms. The van der Waals surface area contributed by atoms with Crippen molar-refractivity contribution < 1.29 is 9.59 Å². The molecular formula is C34H30Cl2N4O2. The van der Waals surface area contributed by atoms with Gasteiger partial charge in [0, 0.05) is 71.8 Å². The average molecular weight is 598 g/mol. The number of pyridine rings is 2. The van der Waals surface area contributed by atoms with Gasteiger partial charge in [-0.1, -0.05) is 60.6 Å². The lowest BCUT2D eigenvalue weighted by atomic mass is 9.87. The molecule has 2 aromatic carbocycles. The van der Waals surface area contributed by atoms with E-state index >= 15 is 0 Å². The van der Waals surface area contributed by atoms with Crippen LogP contribution in [0.5, 0.6) is 0 Å². The molecule has 4 aromatic rings. The van der Waals surface area contributed by atoms with Gasteiger partial charge >= 0.3 is 0 Å². The number of rotatable bonds is 4. The molecule has 0 aliphatic carbocycles. The van der Waals surface area contributed by atoms with E-state index in [0.29, 0.717) is 36.2 Å². The predicted molar refractivity (Wildman–Crippen MR) is 166 cm³/mol. The van der Waals surface area contributed by atoms with E-state index in [1.54, 1.807) is 22.2 Å². The lowest BCUT2D eigenvalue weighted by Crippen LogP contribution is -2.37. The summed E-state index contributed by atoms with van der Waals surface area (Å²) in [7, 11) is 0. The summed E-state index contributed by atoms with van der Waals surface area (Å²) in [5.41, 5.74) is 6.43. The maximum atomic E-state index is 12.0. The number of nitrogens with zero attached hydrogens (tertiary/aromatic N) is 4. The van der Waals surface area contributed by atoms with Crippen LogP contribution >= 0.6 is 23.2 Å². The fraction of sp³-hybridized carbons (Fsp3) is 0.176. The smallest absolute Gasteiger partial charge is 0.246 e. The number of amides is 2. The highest BCUT2D eigenvalue weighted by Gasteiger charge is 2.30. The Morgan fingerprint density at radius 1 is 0.690 bits per heavy atom. The van der Waals surface area contributed by atoms with Gasteiger partial charge in [-0.05, 0) is 82.9 Å². The molecule has 0 saturated carbocycles. The molecule has 4 heterocycles. The molecular weight excluding hydrogens is 567 g/mol. The van der Waals surface area contributed by atoms with Crippen molar-refractivity contribution in [2.24, 2.45) is 0 Å². The number of hydrogen-bond donors (Lipinski definition) is 0. The number of halogens is 2. The van der Waals surface area contributed by atoms with E-state index in [1.807, 2.05) is 72.8 Å². The molecule has 0 bridgehead atoms. The molecule has 212 valence electrons. The Balaban J connectivity index is 0.000000168. The lowest BCUT2D eigenvalue weighted by Gasteiger charge is -2.34. The Morgan fingerprint density at radius 3 is 1.48 bits per heavy atom. The molecule has 0 fully saturated rings. The lowest BCUT2D eigenvalue weighted by molar-refractivity contribution is -0.127. The van der Waals surface area contributed by atoms with Crippen molar-refractivity contribution in [3.63, 3.8) is 0 Å². The van der Waals surface area contributed by atoms with E-state index in [-0.39, 0.29) is 23.7 Å². The SMILES string of the molecule is C=CC(=O)N1Cc2cc(Cl)ccc2[C@@H](c2ccccn2)C1.C=CC(=O)N1Cc2cc(Cl)ccc2[C@H](c2ccccn2)C1. The Bertz CT molecular complexity index is 1490. The van der Waals surface area contributed by atoms with E-state index in [0.717, 1.165) is 22.5 Å². The fourth-order valence-corrected chi connectivity index (χ4v) is 5.93. The van der Waals surface area contributed by atoms with Crippen molar-refractivity contribution in [1.29, 1.82) is 0 Å². The summed E-state index contributed by atoms with van der Waals surface area (Å²) >= 11 is 12.2. The van der Waals surface area contributed by atoms with Crippen LogP contribution in [0, 0.1) is 0 Å². The zero-order valence-electron chi connectivity index (χ0n) is 23.0. The van der Waals surface area contributed by atoms with Gasteiger partial charge in [-0.15, -0.1) is 0 Å². The number of hydrogen-bond acceptors (Lipinski definition) is 4. The van der Waals surface area contributed by atoms with Crippen molar-refractivity contribution in [2.45, 2.75) is 24.9 Å². The Hall–Kier alpha value is -4.26. The highest BCUT2D eigenvalue weighted by atomic mass is 35.5. The Kier molecular flexibility index (Phi) is 9.15. The highest BCUT2D eigenvalue weighted by Crippen LogP contribution is 2.35. The van der Waals surface area contributed by atoms with Gasteiger partial charge < -0.3 is 9.80 Å². The van der Waals surface area contributed by atoms with Crippen LogP contribution in [0.2, 0.25) is 10.0 Å². The largest absolute Gasteiger partial charge is 0.334 e. The maximum absolute atomic E-state index is 12.0. The first-order valence-electron chi connectivity index (χ1n) is 13.6. The average Bonchev–Trinajstić information content (AvgIpc) is 3.03. The summed E-state index contributed by atoms with van der Waals surface area (Å²) < 4.78 is 0. The monoisotopic (exact) mass is 596 g/mol. The van der Waals surface area contributed by atoms with Gasteiger partial charge in [-0.3, -0.25) is 19.6 Å². The molecule has 0 saturated heterocycles. The van der Waals surface area contributed by atoms with E-state index in [1.165, 1.54) is 23.3 Å². The molecule has 0 N–H and O–H groups in total. The fourth-order valence-electron chi connectivity index (χ4n) is 5.54. The molecule has 0 radical (unpaired) electrons. The minimum absolute atomic E-state index is 0.0658. The minimum Gasteiger partial charge on any atom is -0.334 e. The van der Waals surface area contributed by atoms with Gasteiger partial charge in [0.25, 0.3) is 0 Å². The van der Waals surface area contributed by atoms with Crippen LogP contribution in [0.25, 0.3) is 0 Å². The number of carbonyl (C=O) groups is 2. The van der Waals surface area contributed by atoms with E-state index < -0.39 is 0 Å². The van der Waals surface area contributed by atoms with Crippen LogP contribution in [0.1, 0.15) is 45.5 Å². The molecule has 0 unspecified atom stereocenters. The molecule has 6 nitrogen and oxygen atoms in total. The van der Waals surface area contributed by atoms with Crippen molar-refractivity contribution in [3.8, 4) is 0 Å². The van der Waals surface area contributed by atoms with Crippen molar-refractivity contribution >= 4 is 35.0 Å². The molecule has 42 heavy (non-hydrogen) atoms. The summed E-state index contributed by atoms with van der Waals surface area (Å²) in [4.78, 5) is 36.4. The number of aromatic nitrogens is 2. The summed E-state index contributed by atoms with van der Waals surface area (Å²) in [5.74, 6) is -0.00431. The minimum atomic E-state index is -0.0680. The van der Waals surface area contributed by atoms with Crippen LogP contribution in [-0.4, -0.2) is 44.7 Å². The van der Waals surface area contributed by atoms with E-state index in [2.05, 4.69) is 23.1 Å². The zero-order valence-corrected chi connectivity index (χ0v) is 24.5. The third-order valence-corrected chi connectivity index (χ3v) is 8.02. The molecule has 2 aliphatic heterocycles. The van der Waals surface area contributed by atoms with Gasteiger partial charge in [0.2, 0.25) is 11.8 Å². The van der Waals surface area contributed by atoms with Crippen molar-refractivity contribution in [1.82, 2.24) is 19.8 Å². The van der Waals surface area contributed by atoms with E-state index in [4.69, 9.17) is 23.2 Å². The Labute approximate surface area is 255 Å².